The van der Waals surface area contributed by atoms with Crippen molar-refractivity contribution in [1.29, 1.82) is 0 Å². The van der Waals surface area contributed by atoms with Crippen LogP contribution in [0.4, 0.5) is 0 Å². The van der Waals surface area contributed by atoms with Crippen molar-refractivity contribution in [3.05, 3.63) is 6.92 Å². The molecule has 10 heavy (non-hydrogen) atoms. The predicted octanol–water partition coefficient (Wildman–Crippen LogP) is 0.666. The zero-order valence-corrected chi connectivity index (χ0v) is 6.58. The summed E-state index contributed by atoms with van der Waals surface area (Å²) in [6.45, 7) is 8.04. The second-order valence-electron chi connectivity index (χ2n) is 3.12. The van der Waals surface area contributed by atoms with Gasteiger partial charge >= 0.3 is 0 Å². The Bertz CT molecular complexity index is 95.4. The fraction of sp³-hybridized carbons (Fsp3) is 0.875. The van der Waals surface area contributed by atoms with Gasteiger partial charge in [0.25, 0.3) is 0 Å². The van der Waals surface area contributed by atoms with Crippen LogP contribution in [0.5, 0.6) is 0 Å². The van der Waals surface area contributed by atoms with Crippen LogP contribution < -0.4 is 0 Å². The molecule has 1 fully saturated rings. The minimum atomic E-state index is -0.0602. The van der Waals surface area contributed by atoms with Gasteiger partial charge in [-0.25, -0.2) is 0 Å². The second kappa shape index (κ2) is 3.35. The van der Waals surface area contributed by atoms with Gasteiger partial charge in [-0.15, -0.1) is 0 Å². The first-order chi connectivity index (χ1) is 4.70. The number of likely N-dealkylation sites (tertiary alicyclic amines) is 1. The molecule has 1 aliphatic rings. The largest absolute Gasteiger partial charge is 0.393 e. The Hall–Kier alpha value is -0.0800. The molecule has 1 atom stereocenters. The van der Waals surface area contributed by atoms with Crippen LogP contribution in [0.1, 0.15) is 19.8 Å². The van der Waals surface area contributed by atoms with Gasteiger partial charge in [-0.2, -0.15) is 0 Å². The van der Waals surface area contributed by atoms with Crippen LogP contribution in [0.25, 0.3) is 0 Å². The fourth-order valence-corrected chi connectivity index (χ4v) is 1.33. The van der Waals surface area contributed by atoms with E-state index in [9.17, 15) is 0 Å². The molecule has 1 aliphatic heterocycles. The summed E-state index contributed by atoms with van der Waals surface area (Å²) in [5.74, 6) is 0. The average Bonchev–Trinajstić information content (AvgIpc) is 1.88. The number of piperidine rings is 1. The molecule has 0 aromatic rings. The third-order valence-corrected chi connectivity index (χ3v) is 2.12. The fourth-order valence-electron chi connectivity index (χ4n) is 1.33. The first-order valence-corrected chi connectivity index (χ1v) is 3.95. The van der Waals surface area contributed by atoms with E-state index in [0.717, 1.165) is 25.9 Å². The van der Waals surface area contributed by atoms with Crippen LogP contribution in [0.2, 0.25) is 0 Å². The normalized spacial score (nSPS) is 24.0. The smallest absolute Gasteiger partial charge is 0.0564 e. The molecule has 0 amide bonds. The topological polar surface area (TPSA) is 23.5 Å². The van der Waals surface area contributed by atoms with Crippen molar-refractivity contribution in [2.75, 3.05) is 13.1 Å². The quantitative estimate of drug-likeness (QED) is 0.581. The monoisotopic (exact) mass is 142 g/mol. The maximum atomic E-state index is 9.16. The minimum Gasteiger partial charge on any atom is -0.393 e. The van der Waals surface area contributed by atoms with E-state index in [2.05, 4.69) is 18.7 Å². The molecule has 1 unspecified atom stereocenters. The Labute approximate surface area is 62.8 Å². The molecule has 1 radical (unpaired) electrons. The van der Waals surface area contributed by atoms with Gasteiger partial charge in [0.1, 0.15) is 0 Å². The summed E-state index contributed by atoms with van der Waals surface area (Å²) in [6.07, 6.45) is 1.77. The summed E-state index contributed by atoms with van der Waals surface area (Å²) in [5.41, 5.74) is 0. The zero-order chi connectivity index (χ0) is 7.56. The van der Waals surface area contributed by atoms with Crippen LogP contribution in [0.15, 0.2) is 0 Å². The number of aliphatic hydroxyl groups is 1. The van der Waals surface area contributed by atoms with Crippen molar-refractivity contribution < 1.29 is 5.11 Å². The molecular weight excluding hydrogens is 126 g/mol. The first kappa shape index (κ1) is 8.02. The van der Waals surface area contributed by atoms with Crippen molar-refractivity contribution in [1.82, 2.24) is 4.90 Å². The molecular formula is C8H16NO. The molecule has 2 heteroatoms. The lowest BCUT2D eigenvalue weighted by Gasteiger charge is -2.32. The van der Waals surface area contributed by atoms with Crippen LogP contribution in [-0.2, 0) is 0 Å². The van der Waals surface area contributed by atoms with Gasteiger partial charge < -0.3 is 10.0 Å². The van der Waals surface area contributed by atoms with Crippen molar-refractivity contribution in [2.24, 2.45) is 0 Å². The minimum absolute atomic E-state index is 0.0602. The molecule has 1 heterocycles. The Morgan fingerprint density at radius 1 is 1.50 bits per heavy atom. The van der Waals surface area contributed by atoms with Crippen molar-refractivity contribution in [3.8, 4) is 0 Å². The maximum Gasteiger partial charge on any atom is 0.0564 e. The molecule has 59 valence electrons. The van der Waals surface area contributed by atoms with Gasteiger partial charge in [-0.05, 0) is 26.7 Å². The Kier molecular flexibility index (Phi) is 2.69. The van der Waals surface area contributed by atoms with E-state index in [4.69, 9.17) is 5.11 Å². The standard InChI is InChI=1S/C8H16NO/c1-7(2)9-5-3-8(10)4-6-9/h7-8,10H,1,3-6H2,2H3. The summed E-state index contributed by atoms with van der Waals surface area (Å²) >= 11 is 0. The first-order valence-electron chi connectivity index (χ1n) is 3.95. The molecule has 0 aliphatic carbocycles. The highest BCUT2D eigenvalue weighted by molar-refractivity contribution is 4.76. The van der Waals surface area contributed by atoms with E-state index in [1.165, 1.54) is 0 Å². The molecule has 2 nitrogen and oxygen atoms in total. The number of hydrogen-bond donors (Lipinski definition) is 1. The molecule has 0 saturated carbocycles. The van der Waals surface area contributed by atoms with Gasteiger partial charge in [0.2, 0.25) is 0 Å². The van der Waals surface area contributed by atoms with Gasteiger partial charge in [0, 0.05) is 19.1 Å². The van der Waals surface area contributed by atoms with Crippen LogP contribution in [-0.4, -0.2) is 35.2 Å². The van der Waals surface area contributed by atoms with Gasteiger partial charge in [-0.3, -0.25) is 0 Å². The lowest BCUT2D eigenvalue weighted by molar-refractivity contribution is 0.0732. The molecule has 0 spiro atoms. The molecule has 1 N–H and O–H groups in total. The molecule has 1 saturated heterocycles. The SMILES string of the molecule is [CH2]C(C)N1CCC(O)CC1. The van der Waals surface area contributed by atoms with E-state index < -0.39 is 0 Å². The maximum absolute atomic E-state index is 9.16. The van der Waals surface area contributed by atoms with Crippen molar-refractivity contribution in [3.63, 3.8) is 0 Å². The lowest BCUT2D eigenvalue weighted by atomic mass is 10.1. The van der Waals surface area contributed by atoms with Crippen LogP contribution in [0, 0.1) is 6.92 Å². The molecule has 0 aromatic heterocycles. The third kappa shape index (κ3) is 1.96. The Morgan fingerprint density at radius 3 is 2.40 bits per heavy atom. The van der Waals surface area contributed by atoms with Crippen LogP contribution in [0.3, 0.4) is 0 Å². The molecule has 1 rings (SSSR count). The van der Waals surface area contributed by atoms with Gasteiger partial charge in [0.15, 0.2) is 0 Å². The van der Waals surface area contributed by atoms with Crippen LogP contribution >= 0.6 is 0 Å². The summed E-state index contributed by atoms with van der Waals surface area (Å²) < 4.78 is 0. The van der Waals surface area contributed by atoms with Crippen molar-refractivity contribution in [2.45, 2.75) is 31.9 Å². The number of aliphatic hydroxyl groups excluding tert-OH is 1. The average molecular weight is 142 g/mol. The van der Waals surface area contributed by atoms with Gasteiger partial charge in [-0.1, -0.05) is 0 Å². The summed E-state index contributed by atoms with van der Waals surface area (Å²) in [7, 11) is 0. The van der Waals surface area contributed by atoms with Gasteiger partial charge in [0.05, 0.1) is 6.10 Å². The number of hydrogen-bond acceptors (Lipinski definition) is 2. The third-order valence-electron chi connectivity index (χ3n) is 2.12. The second-order valence-corrected chi connectivity index (χ2v) is 3.12. The zero-order valence-electron chi connectivity index (χ0n) is 6.58. The Morgan fingerprint density at radius 2 is 2.00 bits per heavy atom. The molecule has 0 aromatic carbocycles. The van der Waals surface area contributed by atoms with E-state index >= 15 is 0 Å². The number of rotatable bonds is 1. The number of nitrogens with zero attached hydrogens (tertiary/aromatic N) is 1. The van der Waals surface area contributed by atoms with E-state index in [1.807, 2.05) is 0 Å². The lowest BCUT2D eigenvalue weighted by Crippen LogP contribution is -2.40. The summed E-state index contributed by atoms with van der Waals surface area (Å²) in [4.78, 5) is 2.30. The summed E-state index contributed by atoms with van der Waals surface area (Å²) in [6, 6.07) is 0.396. The van der Waals surface area contributed by atoms with E-state index in [1.54, 1.807) is 0 Å². The Balaban J connectivity index is 2.26. The van der Waals surface area contributed by atoms with E-state index in [-0.39, 0.29) is 6.10 Å². The highest BCUT2D eigenvalue weighted by atomic mass is 16.3. The van der Waals surface area contributed by atoms with Crippen molar-refractivity contribution >= 4 is 0 Å². The van der Waals surface area contributed by atoms with E-state index in [0.29, 0.717) is 6.04 Å². The highest BCUT2D eigenvalue weighted by Crippen LogP contribution is 2.11. The molecule has 0 bridgehead atoms. The summed E-state index contributed by atoms with van der Waals surface area (Å²) in [5, 5.41) is 9.16. The predicted molar refractivity (Wildman–Crippen MR) is 41.6 cm³/mol. The highest BCUT2D eigenvalue weighted by Gasteiger charge is 2.18.